The number of hydrogen-bond donors (Lipinski definition) is 2. The first-order valence-electron chi connectivity index (χ1n) is 5.61. The molecule has 7 heteroatoms. The molecule has 0 amide bonds. The third-order valence-electron chi connectivity index (χ3n) is 2.50. The first-order chi connectivity index (χ1) is 9.11. The van der Waals surface area contributed by atoms with Gasteiger partial charge in [-0.15, -0.1) is 11.8 Å². The second-order valence-corrected chi connectivity index (χ2v) is 5.12. The maximum absolute atomic E-state index is 5.79. The first kappa shape index (κ1) is 13.8. The Hall–Kier alpha value is -1.60. The van der Waals surface area contributed by atoms with E-state index in [1.54, 1.807) is 18.7 Å². The predicted octanol–water partition coefficient (Wildman–Crippen LogP) is 2.35. The number of nitrogens with two attached hydrogens (primary N) is 1. The zero-order chi connectivity index (χ0) is 13.8. The minimum absolute atomic E-state index is 0.372. The molecule has 0 radical (unpaired) electrons. The Morgan fingerprint density at radius 1 is 1.53 bits per heavy atom. The number of aryl methyl sites for hydroxylation is 1. The molecule has 1 aromatic heterocycles. The van der Waals surface area contributed by atoms with Gasteiger partial charge in [0.2, 0.25) is 5.89 Å². The average molecular weight is 294 g/mol. The van der Waals surface area contributed by atoms with E-state index in [4.69, 9.17) is 22.5 Å². The topological polar surface area (TPSA) is 77.0 Å². The minimum atomic E-state index is 0.372. The fourth-order valence-corrected chi connectivity index (χ4v) is 2.61. The van der Waals surface area contributed by atoms with Crippen LogP contribution in [0.2, 0.25) is 0 Å². The number of nitrogens with one attached hydrogen (secondary N) is 1. The first-order valence-corrected chi connectivity index (χ1v) is 7.25. The van der Waals surface area contributed by atoms with Crippen LogP contribution in [-0.2, 0) is 6.54 Å². The van der Waals surface area contributed by atoms with E-state index < -0.39 is 0 Å². The molecule has 0 atom stereocenters. The molecular weight excluding hydrogens is 280 g/mol. The van der Waals surface area contributed by atoms with Crippen molar-refractivity contribution in [2.24, 2.45) is 5.73 Å². The van der Waals surface area contributed by atoms with Crippen LogP contribution in [0.3, 0.4) is 0 Å². The van der Waals surface area contributed by atoms with Crippen LogP contribution in [0, 0.1) is 6.92 Å². The molecule has 2 rings (SSSR count). The molecule has 0 aliphatic heterocycles. The average Bonchev–Trinajstić information content (AvgIpc) is 2.81. The molecule has 0 aliphatic rings. The minimum Gasteiger partial charge on any atom is -0.389 e. The SMILES string of the molecule is CSc1cccc(NCc2noc(C)n2)c1C(N)=S. The summed E-state index contributed by atoms with van der Waals surface area (Å²) in [5.41, 5.74) is 7.52. The molecule has 0 bridgehead atoms. The molecule has 5 nitrogen and oxygen atoms in total. The maximum Gasteiger partial charge on any atom is 0.223 e. The van der Waals surface area contributed by atoms with E-state index in [0.717, 1.165) is 16.1 Å². The van der Waals surface area contributed by atoms with Gasteiger partial charge in [0, 0.05) is 23.1 Å². The second-order valence-electron chi connectivity index (χ2n) is 3.83. The molecule has 0 saturated heterocycles. The largest absolute Gasteiger partial charge is 0.389 e. The summed E-state index contributed by atoms with van der Waals surface area (Å²) in [5.74, 6) is 1.14. The van der Waals surface area contributed by atoms with Crippen LogP contribution in [0.25, 0.3) is 0 Å². The van der Waals surface area contributed by atoms with Crippen molar-refractivity contribution in [1.82, 2.24) is 10.1 Å². The van der Waals surface area contributed by atoms with E-state index >= 15 is 0 Å². The number of thiocarbonyl (C=S) groups is 1. The molecule has 3 N–H and O–H groups in total. The summed E-state index contributed by atoms with van der Waals surface area (Å²) in [5, 5.41) is 7.06. The summed E-state index contributed by atoms with van der Waals surface area (Å²) in [4.78, 5) is 5.55. The zero-order valence-corrected chi connectivity index (χ0v) is 12.3. The lowest BCUT2D eigenvalue weighted by Gasteiger charge is -2.13. The third-order valence-corrected chi connectivity index (χ3v) is 3.48. The fourth-order valence-electron chi connectivity index (χ4n) is 1.69. The summed E-state index contributed by atoms with van der Waals surface area (Å²) in [6, 6.07) is 5.88. The normalized spacial score (nSPS) is 10.4. The molecule has 0 aliphatic carbocycles. The Bertz CT molecular complexity index is 597. The fraction of sp³-hybridized carbons (Fsp3) is 0.250. The van der Waals surface area contributed by atoms with Gasteiger partial charge >= 0.3 is 0 Å². The lowest BCUT2D eigenvalue weighted by Crippen LogP contribution is -2.14. The van der Waals surface area contributed by atoms with Gasteiger partial charge in [-0.1, -0.05) is 23.4 Å². The Balaban J connectivity index is 2.22. The number of anilines is 1. The van der Waals surface area contributed by atoms with Crippen LogP contribution >= 0.6 is 24.0 Å². The van der Waals surface area contributed by atoms with Gasteiger partial charge in [0.15, 0.2) is 5.82 Å². The highest BCUT2D eigenvalue weighted by Gasteiger charge is 2.11. The van der Waals surface area contributed by atoms with E-state index in [1.165, 1.54) is 0 Å². The molecule has 19 heavy (non-hydrogen) atoms. The lowest BCUT2D eigenvalue weighted by atomic mass is 10.1. The van der Waals surface area contributed by atoms with Crippen LogP contribution in [-0.4, -0.2) is 21.4 Å². The van der Waals surface area contributed by atoms with Crippen molar-refractivity contribution >= 4 is 34.7 Å². The van der Waals surface area contributed by atoms with Crippen molar-refractivity contribution in [2.45, 2.75) is 18.4 Å². The smallest absolute Gasteiger partial charge is 0.223 e. The quantitative estimate of drug-likeness (QED) is 0.647. The lowest BCUT2D eigenvalue weighted by molar-refractivity contribution is 0.388. The molecular formula is C12H14N4OS2. The summed E-state index contributed by atoms with van der Waals surface area (Å²) in [7, 11) is 0. The van der Waals surface area contributed by atoms with Crippen LogP contribution in [0.4, 0.5) is 5.69 Å². The van der Waals surface area contributed by atoms with Gasteiger partial charge in [-0.3, -0.25) is 0 Å². The third kappa shape index (κ3) is 3.24. The number of benzene rings is 1. The zero-order valence-electron chi connectivity index (χ0n) is 10.6. The molecule has 100 valence electrons. The number of thioether (sulfide) groups is 1. The van der Waals surface area contributed by atoms with Gasteiger partial charge in [-0.25, -0.2) is 0 Å². The van der Waals surface area contributed by atoms with Crippen molar-refractivity contribution in [3.05, 3.63) is 35.5 Å². The van der Waals surface area contributed by atoms with Gasteiger partial charge in [0.25, 0.3) is 0 Å². The highest BCUT2D eigenvalue weighted by molar-refractivity contribution is 7.98. The molecule has 0 fully saturated rings. The second kappa shape index (κ2) is 6.03. The van der Waals surface area contributed by atoms with Gasteiger partial charge in [0.05, 0.1) is 6.54 Å². The predicted molar refractivity (Wildman–Crippen MR) is 80.5 cm³/mol. The van der Waals surface area contributed by atoms with Crippen LogP contribution in [0.15, 0.2) is 27.6 Å². The van der Waals surface area contributed by atoms with Crippen LogP contribution in [0.1, 0.15) is 17.3 Å². The van der Waals surface area contributed by atoms with Gasteiger partial charge in [0.1, 0.15) is 4.99 Å². The number of aromatic nitrogens is 2. The number of nitrogens with zero attached hydrogens (tertiary/aromatic N) is 2. The van der Waals surface area contributed by atoms with Crippen LogP contribution in [0.5, 0.6) is 0 Å². The molecule has 1 aromatic carbocycles. The molecule has 0 saturated carbocycles. The highest BCUT2D eigenvalue weighted by atomic mass is 32.2. The van der Waals surface area contributed by atoms with Crippen molar-refractivity contribution in [3.63, 3.8) is 0 Å². The number of rotatable bonds is 5. The molecule has 1 heterocycles. The highest BCUT2D eigenvalue weighted by Crippen LogP contribution is 2.27. The summed E-state index contributed by atoms with van der Waals surface area (Å²) < 4.78 is 4.92. The van der Waals surface area contributed by atoms with Crippen LogP contribution < -0.4 is 11.1 Å². The van der Waals surface area contributed by atoms with Gasteiger partial charge < -0.3 is 15.6 Å². The van der Waals surface area contributed by atoms with Crippen molar-refractivity contribution < 1.29 is 4.52 Å². The number of hydrogen-bond acceptors (Lipinski definition) is 6. The maximum atomic E-state index is 5.79. The van der Waals surface area contributed by atoms with Gasteiger partial charge in [-0.2, -0.15) is 4.98 Å². The van der Waals surface area contributed by atoms with E-state index in [2.05, 4.69) is 15.5 Å². The summed E-state index contributed by atoms with van der Waals surface area (Å²) >= 11 is 6.72. The van der Waals surface area contributed by atoms with Crippen molar-refractivity contribution in [1.29, 1.82) is 0 Å². The van der Waals surface area contributed by atoms with E-state index in [1.807, 2.05) is 24.5 Å². The monoisotopic (exact) mass is 294 g/mol. The molecule has 0 spiro atoms. The Morgan fingerprint density at radius 2 is 2.32 bits per heavy atom. The Labute approximate surface area is 121 Å². The Kier molecular flexibility index (Phi) is 4.39. The molecule has 0 unspecified atom stereocenters. The van der Waals surface area contributed by atoms with E-state index in [0.29, 0.717) is 23.2 Å². The summed E-state index contributed by atoms with van der Waals surface area (Å²) in [6.45, 7) is 2.22. The van der Waals surface area contributed by atoms with E-state index in [-0.39, 0.29) is 0 Å². The Morgan fingerprint density at radius 3 is 2.89 bits per heavy atom. The van der Waals surface area contributed by atoms with E-state index in [9.17, 15) is 0 Å². The standard InChI is InChI=1S/C12H14N4OS2/c1-7-15-10(16-17-7)6-14-8-4-3-5-9(19-2)11(8)12(13)18/h3-5,14H,6H2,1-2H3,(H2,13,18). The molecule has 2 aromatic rings. The summed E-state index contributed by atoms with van der Waals surface area (Å²) in [6.07, 6.45) is 1.99. The van der Waals surface area contributed by atoms with Crippen molar-refractivity contribution in [2.75, 3.05) is 11.6 Å². The van der Waals surface area contributed by atoms with Gasteiger partial charge in [-0.05, 0) is 18.4 Å². The van der Waals surface area contributed by atoms with Crippen molar-refractivity contribution in [3.8, 4) is 0 Å².